The maximum atomic E-state index is 12.1. The van der Waals surface area contributed by atoms with Gasteiger partial charge < -0.3 is 4.42 Å². The number of hydrazone groups is 1. The zero-order valence-electron chi connectivity index (χ0n) is 13.6. The topological polar surface area (TPSA) is 54.6 Å². The number of halogens is 3. The van der Waals surface area contributed by atoms with E-state index in [1.165, 1.54) is 6.21 Å². The summed E-state index contributed by atoms with van der Waals surface area (Å²) in [5.74, 6) is 0.592. The molecule has 1 heterocycles. The molecule has 3 aromatic rings. The molecule has 0 fully saturated rings. The standard InChI is InChI=1S/C19H13Cl3N2O2/c1-11-5-7-13(16(21)9-11)19(25)24-23-10-12-6-8-17(26-12)14-3-2-4-15(20)18(14)22/h2-10H,1H3,(H,24,25)/b23-10-. The highest BCUT2D eigenvalue weighted by Crippen LogP contribution is 2.34. The van der Waals surface area contributed by atoms with Crippen LogP contribution in [-0.4, -0.2) is 12.1 Å². The Balaban J connectivity index is 1.71. The molecule has 0 aliphatic carbocycles. The Labute approximate surface area is 165 Å². The van der Waals surface area contributed by atoms with Crippen LogP contribution < -0.4 is 5.43 Å². The third-order valence-corrected chi connectivity index (χ3v) is 4.70. The normalized spacial score (nSPS) is 11.1. The fraction of sp³-hybridized carbons (Fsp3) is 0.0526. The minimum atomic E-state index is -0.407. The first-order chi connectivity index (χ1) is 12.5. The van der Waals surface area contributed by atoms with Gasteiger partial charge in [0.05, 0.1) is 26.8 Å². The predicted molar refractivity (Wildman–Crippen MR) is 105 cm³/mol. The van der Waals surface area contributed by atoms with Gasteiger partial charge in [0.1, 0.15) is 11.5 Å². The third kappa shape index (κ3) is 4.10. The van der Waals surface area contributed by atoms with Crippen LogP contribution in [0.5, 0.6) is 0 Å². The number of amides is 1. The number of aryl methyl sites for hydroxylation is 1. The van der Waals surface area contributed by atoms with Crippen LogP contribution in [0.2, 0.25) is 15.1 Å². The molecule has 2 aromatic carbocycles. The Morgan fingerprint density at radius 1 is 1.08 bits per heavy atom. The smallest absolute Gasteiger partial charge is 0.272 e. The van der Waals surface area contributed by atoms with Crippen molar-refractivity contribution >= 4 is 46.9 Å². The molecule has 0 saturated carbocycles. The third-order valence-electron chi connectivity index (χ3n) is 3.57. The fourth-order valence-corrected chi connectivity index (χ4v) is 2.99. The number of furan rings is 1. The van der Waals surface area contributed by atoms with Crippen LogP contribution in [0, 0.1) is 6.92 Å². The van der Waals surface area contributed by atoms with Crippen LogP contribution in [0.25, 0.3) is 11.3 Å². The Hall–Kier alpha value is -2.27. The molecule has 0 radical (unpaired) electrons. The van der Waals surface area contributed by atoms with Gasteiger partial charge in [-0.25, -0.2) is 5.43 Å². The summed E-state index contributed by atoms with van der Waals surface area (Å²) < 4.78 is 5.66. The molecule has 0 saturated heterocycles. The summed E-state index contributed by atoms with van der Waals surface area (Å²) in [6, 6.07) is 13.9. The largest absolute Gasteiger partial charge is 0.455 e. The molecular weight excluding hydrogens is 395 g/mol. The molecule has 1 aromatic heterocycles. The number of hydrogen-bond donors (Lipinski definition) is 1. The molecule has 26 heavy (non-hydrogen) atoms. The van der Waals surface area contributed by atoms with Gasteiger partial charge in [-0.2, -0.15) is 5.10 Å². The van der Waals surface area contributed by atoms with Crippen LogP contribution in [-0.2, 0) is 0 Å². The van der Waals surface area contributed by atoms with Crippen molar-refractivity contribution in [2.45, 2.75) is 6.92 Å². The monoisotopic (exact) mass is 406 g/mol. The van der Waals surface area contributed by atoms with E-state index in [1.54, 1.807) is 48.5 Å². The molecule has 7 heteroatoms. The molecule has 0 aliphatic rings. The molecule has 3 rings (SSSR count). The van der Waals surface area contributed by atoms with Crippen LogP contribution in [0.1, 0.15) is 21.7 Å². The van der Waals surface area contributed by atoms with E-state index in [0.717, 1.165) is 5.56 Å². The molecule has 132 valence electrons. The van der Waals surface area contributed by atoms with Crippen LogP contribution in [0.4, 0.5) is 0 Å². The van der Waals surface area contributed by atoms with Crippen molar-refractivity contribution in [3.05, 3.63) is 80.5 Å². The summed E-state index contributed by atoms with van der Waals surface area (Å²) in [7, 11) is 0. The minimum absolute atomic E-state index is 0.347. The molecule has 0 spiro atoms. The average molecular weight is 408 g/mol. The lowest BCUT2D eigenvalue weighted by Gasteiger charge is -2.03. The molecule has 0 aliphatic heterocycles. The van der Waals surface area contributed by atoms with Gasteiger partial charge in [-0.15, -0.1) is 0 Å². The Morgan fingerprint density at radius 3 is 2.65 bits per heavy atom. The van der Waals surface area contributed by atoms with Crippen LogP contribution in [0.3, 0.4) is 0 Å². The van der Waals surface area contributed by atoms with E-state index in [2.05, 4.69) is 10.5 Å². The first kappa shape index (κ1) is 18.5. The Kier molecular flexibility index (Phi) is 5.67. The Morgan fingerprint density at radius 2 is 1.88 bits per heavy atom. The predicted octanol–water partition coefficient (Wildman–Crippen LogP) is 5.98. The van der Waals surface area contributed by atoms with Gasteiger partial charge in [0.2, 0.25) is 0 Å². The number of carbonyl (C=O) groups excluding carboxylic acids is 1. The lowest BCUT2D eigenvalue weighted by molar-refractivity contribution is 0.0955. The molecule has 0 atom stereocenters. The number of benzene rings is 2. The molecule has 1 N–H and O–H groups in total. The summed E-state index contributed by atoms with van der Waals surface area (Å²) in [5, 5.41) is 5.12. The lowest BCUT2D eigenvalue weighted by Crippen LogP contribution is -2.18. The van der Waals surface area contributed by atoms with E-state index in [4.69, 9.17) is 39.2 Å². The van der Waals surface area contributed by atoms with E-state index in [1.807, 2.05) is 6.92 Å². The molecule has 1 amide bonds. The Bertz CT molecular complexity index is 996. The van der Waals surface area contributed by atoms with Crippen molar-refractivity contribution in [3.8, 4) is 11.3 Å². The highest BCUT2D eigenvalue weighted by atomic mass is 35.5. The lowest BCUT2D eigenvalue weighted by atomic mass is 10.1. The summed E-state index contributed by atoms with van der Waals surface area (Å²) in [6.07, 6.45) is 1.39. The van der Waals surface area contributed by atoms with Gasteiger partial charge in [-0.05, 0) is 48.9 Å². The summed E-state index contributed by atoms with van der Waals surface area (Å²) in [4.78, 5) is 12.1. The van der Waals surface area contributed by atoms with Crippen LogP contribution >= 0.6 is 34.8 Å². The maximum absolute atomic E-state index is 12.1. The number of nitrogens with one attached hydrogen (secondary N) is 1. The summed E-state index contributed by atoms with van der Waals surface area (Å²) in [6.45, 7) is 1.90. The van der Waals surface area contributed by atoms with E-state index in [-0.39, 0.29) is 0 Å². The van der Waals surface area contributed by atoms with E-state index in [9.17, 15) is 4.79 Å². The molecule has 0 unspecified atom stereocenters. The van der Waals surface area contributed by atoms with E-state index >= 15 is 0 Å². The van der Waals surface area contributed by atoms with Crippen molar-refractivity contribution in [1.82, 2.24) is 5.43 Å². The fourth-order valence-electron chi connectivity index (χ4n) is 2.28. The van der Waals surface area contributed by atoms with Crippen molar-refractivity contribution in [2.24, 2.45) is 5.10 Å². The van der Waals surface area contributed by atoms with E-state index < -0.39 is 5.91 Å². The molecular formula is C19H13Cl3N2O2. The van der Waals surface area contributed by atoms with Crippen molar-refractivity contribution in [1.29, 1.82) is 0 Å². The summed E-state index contributed by atoms with van der Waals surface area (Å²) in [5.41, 5.74) is 4.41. The van der Waals surface area contributed by atoms with Gasteiger partial charge in [0, 0.05) is 5.56 Å². The van der Waals surface area contributed by atoms with Crippen molar-refractivity contribution < 1.29 is 9.21 Å². The van der Waals surface area contributed by atoms with Gasteiger partial charge in [-0.3, -0.25) is 4.79 Å². The summed E-state index contributed by atoms with van der Waals surface area (Å²) >= 11 is 18.3. The number of hydrogen-bond acceptors (Lipinski definition) is 3. The van der Waals surface area contributed by atoms with Crippen molar-refractivity contribution in [2.75, 3.05) is 0 Å². The first-order valence-electron chi connectivity index (χ1n) is 7.59. The number of nitrogens with zero attached hydrogens (tertiary/aromatic N) is 1. The quantitative estimate of drug-likeness (QED) is 0.427. The van der Waals surface area contributed by atoms with Gasteiger partial charge in [0.15, 0.2) is 0 Å². The van der Waals surface area contributed by atoms with E-state index in [0.29, 0.717) is 37.7 Å². The number of rotatable bonds is 4. The number of carbonyl (C=O) groups is 1. The SMILES string of the molecule is Cc1ccc(C(=O)N/N=C\c2ccc(-c3cccc(Cl)c3Cl)o2)c(Cl)c1. The maximum Gasteiger partial charge on any atom is 0.272 e. The second kappa shape index (κ2) is 7.96. The zero-order chi connectivity index (χ0) is 18.7. The van der Waals surface area contributed by atoms with Gasteiger partial charge >= 0.3 is 0 Å². The highest BCUT2D eigenvalue weighted by molar-refractivity contribution is 6.43. The molecule has 4 nitrogen and oxygen atoms in total. The van der Waals surface area contributed by atoms with Crippen LogP contribution in [0.15, 0.2) is 58.0 Å². The second-order valence-electron chi connectivity index (χ2n) is 5.49. The average Bonchev–Trinajstić information content (AvgIpc) is 3.06. The zero-order valence-corrected chi connectivity index (χ0v) is 15.9. The molecule has 0 bridgehead atoms. The first-order valence-corrected chi connectivity index (χ1v) is 8.73. The highest BCUT2D eigenvalue weighted by Gasteiger charge is 2.11. The second-order valence-corrected chi connectivity index (χ2v) is 6.68. The van der Waals surface area contributed by atoms with Crippen molar-refractivity contribution in [3.63, 3.8) is 0 Å². The van der Waals surface area contributed by atoms with Gasteiger partial charge in [-0.1, -0.05) is 46.9 Å². The minimum Gasteiger partial charge on any atom is -0.455 e. The van der Waals surface area contributed by atoms with Gasteiger partial charge in [0.25, 0.3) is 5.91 Å².